The van der Waals surface area contributed by atoms with Crippen molar-refractivity contribution in [2.75, 3.05) is 0 Å². The number of aromatic amines is 1. The number of H-pyrrole nitrogens is 1. The van der Waals surface area contributed by atoms with Gasteiger partial charge in [0.05, 0.1) is 0 Å². The highest BCUT2D eigenvalue weighted by Gasteiger charge is 2.27. The van der Waals surface area contributed by atoms with Crippen molar-refractivity contribution >= 4 is 0 Å². The van der Waals surface area contributed by atoms with Gasteiger partial charge in [-0.15, -0.1) is 0 Å². The normalized spacial score (nSPS) is 10.9. The molecule has 0 amide bonds. The molecule has 2 aromatic rings. The summed E-state index contributed by atoms with van der Waals surface area (Å²) in [5.41, 5.74) is -3.77. The predicted molar refractivity (Wildman–Crippen MR) is 57.2 cm³/mol. The lowest BCUT2D eigenvalue weighted by Gasteiger charge is -2.10. The lowest BCUT2D eigenvalue weighted by atomic mass is 10.2. The highest BCUT2D eigenvalue weighted by molar-refractivity contribution is 5.37. The Kier molecular flexibility index (Phi) is 3.20. The SMILES string of the molecule is Cc1cn(-c2c(F)c(F)c(F)c(F)c2F)c(=O)[nH]c1=O. The van der Waals surface area contributed by atoms with Crippen molar-refractivity contribution in [2.24, 2.45) is 0 Å². The molecule has 0 bridgehead atoms. The monoisotopic (exact) mass is 292 g/mol. The van der Waals surface area contributed by atoms with Crippen LogP contribution in [-0.4, -0.2) is 9.55 Å². The van der Waals surface area contributed by atoms with Gasteiger partial charge in [-0.2, -0.15) is 0 Å². The van der Waals surface area contributed by atoms with Crippen molar-refractivity contribution in [3.63, 3.8) is 0 Å². The van der Waals surface area contributed by atoms with Crippen LogP contribution in [0.3, 0.4) is 0 Å². The Balaban J connectivity index is 2.94. The number of aryl methyl sites for hydroxylation is 1. The molecule has 0 aliphatic heterocycles. The van der Waals surface area contributed by atoms with Gasteiger partial charge in [0.1, 0.15) is 5.69 Å². The van der Waals surface area contributed by atoms with Gasteiger partial charge >= 0.3 is 5.69 Å². The van der Waals surface area contributed by atoms with Gasteiger partial charge < -0.3 is 0 Å². The summed E-state index contributed by atoms with van der Waals surface area (Å²) in [4.78, 5) is 24.3. The minimum Gasteiger partial charge on any atom is -0.273 e. The van der Waals surface area contributed by atoms with Crippen molar-refractivity contribution in [1.29, 1.82) is 0 Å². The van der Waals surface area contributed by atoms with E-state index in [1.807, 2.05) is 0 Å². The van der Waals surface area contributed by atoms with Gasteiger partial charge in [-0.1, -0.05) is 0 Å². The van der Waals surface area contributed by atoms with Gasteiger partial charge in [0.15, 0.2) is 23.3 Å². The van der Waals surface area contributed by atoms with Gasteiger partial charge in [-0.3, -0.25) is 14.3 Å². The number of benzene rings is 1. The van der Waals surface area contributed by atoms with Crippen LogP contribution in [0.4, 0.5) is 22.0 Å². The number of hydrogen-bond acceptors (Lipinski definition) is 2. The molecule has 1 heterocycles. The van der Waals surface area contributed by atoms with E-state index in [1.165, 1.54) is 6.92 Å². The Labute approximate surface area is 107 Å². The van der Waals surface area contributed by atoms with E-state index in [9.17, 15) is 31.5 Å². The van der Waals surface area contributed by atoms with E-state index >= 15 is 0 Å². The lowest BCUT2D eigenvalue weighted by Crippen LogP contribution is -2.31. The topological polar surface area (TPSA) is 54.9 Å². The first-order chi connectivity index (χ1) is 9.25. The van der Waals surface area contributed by atoms with Gasteiger partial charge in [0.25, 0.3) is 5.56 Å². The van der Waals surface area contributed by atoms with E-state index < -0.39 is 46.0 Å². The molecule has 1 aromatic heterocycles. The van der Waals surface area contributed by atoms with Crippen LogP contribution < -0.4 is 11.2 Å². The van der Waals surface area contributed by atoms with Crippen molar-refractivity contribution in [1.82, 2.24) is 9.55 Å². The molecular formula is C11H5F5N2O2. The van der Waals surface area contributed by atoms with Gasteiger partial charge in [-0.25, -0.2) is 26.7 Å². The Morgan fingerprint density at radius 3 is 1.85 bits per heavy atom. The maximum Gasteiger partial charge on any atom is 0.333 e. The number of nitrogens with one attached hydrogen (secondary N) is 1. The molecule has 0 radical (unpaired) electrons. The molecule has 0 atom stereocenters. The third-order valence-corrected chi connectivity index (χ3v) is 2.55. The van der Waals surface area contributed by atoms with E-state index in [0.29, 0.717) is 6.20 Å². The van der Waals surface area contributed by atoms with E-state index in [1.54, 1.807) is 4.98 Å². The zero-order valence-corrected chi connectivity index (χ0v) is 9.73. The molecule has 0 saturated carbocycles. The number of aromatic nitrogens is 2. The summed E-state index contributed by atoms with van der Waals surface area (Å²) in [6, 6.07) is 0. The number of halogens is 5. The Morgan fingerprint density at radius 2 is 1.35 bits per heavy atom. The first-order valence-electron chi connectivity index (χ1n) is 5.10. The van der Waals surface area contributed by atoms with Crippen LogP contribution in [0.1, 0.15) is 5.56 Å². The van der Waals surface area contributed by atoms with Crippen molar-refractivity contribution in [3.05, 3.63) is 61.7 Å². The summed E-state index contributed by atoms with van der Waals surface area (Å²) >= 11 is 0. The van der Waals surface area contributed by atoms with Crippen molar-refractivity contribution < 1.29 is 22.0 Å². The minimum absolute atomic E-state index is 0.145. The van der Waals surface area contributed by atoms with Crippen LogP contribution in [-0.2, 0) is 0 Å². The quantitative estimate of drug-likeness (QED) is 0.492. The van der Waals surface area contributed by atoms with Crippen LogP contribution >= 0.6 is 0 Å². The summed E-state index contributed by atoms with van der Waals surface area (Å²) in [5.74, 6) is -11.0. The van der Waals surface area contributed by atoms with Crippen LogP contribution in [0.5, 0.6) is 0 Å². The highest BCUT2D eigenvalue weighted by atomic mass is 19.2. The zero-order chi connectivity index (χ0) is 15.2. The third-order valence-electron chi connectivity index (χ3n) is 2.55. The van der Waals surface area contributed by atoms with Gasteiger partial charge in [0, 0.05) is 11.8 Å². The molecule has 1 N–H and O–H groups in total. The fraction of sp³-hybridized carbons (Fsp3) is 0.0909. The fourth-order valence-electron chi connectivity index (χ4n) is 1.54. The minimum atomic E-state index is -2.34. The zero-order valence-electron chi connectivity index (χ0n) is 9.73. The molecule has 2 rings (SSSR count). The average molecular weight is 292 g/mol. The Bertz CT molecular complexity index is 796. The van der Waals surface area contributed by atoms with Crippen molar-refractivity contribution in [3.8, 4) is 5.69 Å². The van der Waals surface area contributed by atoms with E-state index in [0.717, 1.165) is 0 Å². The number of rotatable bonds is 1. The van der Waals surface area contributed by atoms with Crippen LogP contribution in [0.25, 0.3) is 5.69 Å². The van der Waals surface area contributed by atoms with Crippen LogP contribution in [0.15, 0.2) is 15.8 Å². The smallest absolute Gasteiger partial charge is 0.273 e. The summed E-state index contributed by atoms with van der Waals surface area (Å²) in [7, 11) is 0. The molecule has 20 heavy (non-hydrogen) atoms. The fourth-order valence-corrected chi connectivity index (χ4v) is 1.54. The lowest BCUT2D eigenvalue weighted by molar-refractivity contribution is 0.374. The molecule has 0 aliphatic carbocycles. The second kappa shape index (κ2) is 4.58. The van der Waals surface area contributed by atoms with Crippen LogP contribution in [0, 0.1) is 36.0 Å². The maximum atomic E-state index is 13.5. The van der Waals surface area contributed by atoms with Crippen LogP contribution in [0.2, 0.25) is 0 Å². The summed E-state index contributed by atoms with van der Waals surface area (Å²) < 4.78 is 66.2. The molecule has 0 fully saturated rings. The molecule has 0 saturated heterocycles. The molecule has 0 aliphatic rings. The third kappa shape index (κ3) is 1.91. The largest absolute Gasteiger partial charge is 0.333 e. The second-order valence-electron chi connectivity index (χ2n) is 3.86. The van der Waals surface area contributed by atoms with Gasteiger partial charge in [0.2, 0.25) is 5.82 Å². The number of hydrogen-bond donors (Lipinski definition) is 1. The first-order valence-corrected chi connectivity index (χ1v) is 5.10. The van der Waals surface area contributed by atoms with E-state index in [2.05, 4.69) is 0 Å². The first kappa shape index (κ1) is 14.0. The standard InChI is InChI=1S/C11H5F5N2O2/c1-3-2-18(11(20)17-10(3)19)9-7(15)5(13)4(12)6(14)8(9)16/h2H,1H3,(H,17,19,20). The molecule has 9 heteroatoms. The van der Waals surface area contributed by atoms with Gasteiger partial charge in [-0.05, 0) is 6.92 Å². The molecule has 1 aromatic carbocycles. The summed E-state index contributed by atoms with van der Waals surface area (Å²) in [6.45, 7) is 1.20. The summed E-state index contributed by atoms with van der Waals surface area (Å²) in [6.07, 6.45) is 0.680. The van der Waals surface area contributed by atoms with E-state index in [-0.39, 0.29) is 10.1 Å². The molecule has 4 nitrogen and oxygen atoms in total. The Hall–Kier alpha value is -2.45. The Morgan fingerprint density at radius 1 is 0.900 bits per heavy atom. The molecule has 0 spiro atoms. The second-order valence-corrected chi connectivity index (χ2v) is 3.86. The molecule has 0 unspecified atom stereocenters. The van der Waals surface area contributed by atoms with Crippen molar-refractivity contribution in [2.45, 2.75) is 6.92 Å². The summed E-state index contributed by atoms with van der Waals surface area (Å²) in [5, 5.41) is 0. The molecule has 106 valence electrons. The van der Waals surface area contributed by atoms with E-state index in [4.69, 9.17) is 0 Å². The highest BCUT2D eigenvalue weighted by Crippen LogP contribution is 2.24. The molecular weight excluding hydrogens is 287 g/mol. The maximum absolute atomic E-state index is 13.5. The predicted octanol–water partition coefficient (Wildman–Crippen LogP) is 1.53. The number of nitrogens with zero attached hydrogens (tertiary/aromatic N) is 1. The average Bonchev–Trinajstić information content (AvgIpc) is 2.40.